The molecule has 2 atom stereocenters. The number of aryl methyl sites for hydroxylation is 2. The van der Waals surface area contributed by atoms with Crippen molar-refractivity contribution in [3.63, 3.8) is 0 Å². The van der Waals surface area contributed by atoms with Crippen molar-refractivity contribution in [2.24, 2.45) is 0 Å². The third-order valence-corrected chi connectivity index (χ3v) is 6.05. The van der Waals surface area contributed by atoms with Gasteiger partial charge in [-0.25, -0.2) is 0 Å². The molecule has 2 unspecified atom stereocenters. The number of nitrogens with one attached hydrogen (secondary N) is 1. The van der Waals surface area contributed by atoms with Gasteiger partial charge in [0.15, 0.2) is 0 Å². The van der Waals surface area contributed by atoms with Crippen molar-refractivity contribution in [3.8, 4) is 0 Å². The fraction of sp³-hybridized carbons (Fsp3) is 0.765. The van der Waals surface area contributed by atoms with Crippen LogP contribution in [0.5, 0.6) is 0 Å². The Hall–Kier alpha value is -0.380. The Kier molecular flexibility index (Phi) is 4.21. The lowest BCUT2D eigenvalue weighted by atomic mass is 9.93. The van der Waals surface area contributed by atoms with E-state index in [-0.39, 0.29) is 5.60 Å². The van der Waals surface area contributed by atoms with Crippen LogP contribution in [0.15, 0.2) is 6.07 Å². The van der Waals surface area contributed by atoms with Gasteiger partial charge in [-0.15, -0.1) is 11.3 Å². The average Bonchev–Trinajstić information content (AvgIpc) is 2.81. The second-order valence-corrected chi connectivity index (χ2v) is 8.16. The summed E-state index contributed by atoms with van der Waals surface area (Å²) in [5.74, 6) is 0. The molecule has 0 saturated carbocycles. The number of hydrogen-bond donors (Lipinski definition) is 1. The Morgan fingerprint density at radius 1 is 1.35 bits per heavy atom. The summed E-state index contributed by atoms with van der Waals surface area (Å²) in [6.45, 7) is 7.61. The first kappa shape index (κ1) is 14.6. The molecule has 0 radical (unpaired) electrons. The van der Waals surface area contributed by atoms with Gasteiger partial charge in [0.2, 0.25) is 0 Å². The molecule has 1 N–H and O–H groups in total. The number of hydrogen-bond acceptors (Lipinski definition) is 3. The number of fused-ring (bicyclic) bond motifs is 1. The van der Waals surface area contributed by atoms with Crippen LogP contribution in [0.4, 0.5) is 0 Å². The van der Waals surface area contributed by atoms with E-state index in [9.17, 15) is 0 Å². The summed E-state index contributed by atoms with van der Waals surface area (Å²) in [5, 5.41) is 3.83. The summed E-state index contributed by atoms with van der Waals surface area (Å²) in [5.41, 5.74) is 1.65. The van der Waals surface area contributed by atoms with Gasteiger partial charge < -0.3 is 10.1 Å². The van der Waals surface area contributed by atoms with Crippen molar-refractivity contribution in [2.45, 2.75) is 77.0 Å². The predicted octanol–water partition coefficient (Wildman–Crippen LogP) is 4.24. The first-order valence-electron chi connectivity index (χ1n) is 8.05. The molecule has 0 aromatic carbocycles. The molecule has 0 spiro atoms. The maximum absolute atomic E-state index is 5.81. The number of thiophene rings is 1. The van der Waals surface area contributed by atoms with Gasteiger partial charge in [-0.2, -0.15) is 0 Å². The molecule has 2 nitrogen and oxygen atoms in total. The lowest BCUT2D eigenvalue weighted by molar-refractivity contribution is -0.0639. The van der Waals surface area contributed by atoms with Crippen molar-refractivity contribution in [3.05, 3.63) is 21.4 Å². The topological polar surface area (TPSA) is 21.3 Å². The monoisotopic (exact) mass is 293 g/mol. The van der Waals surface area contributed by atoms with E-state index in [1.54, 1.807) is 10.4 Å². The average molecular weight is 293 g/mol. The van der Waals surface area contributed by atoms with Crippen molar-refractivity contribution in [1.29, 1.82) is 0 Å². The van der Waals surface area contributed by atoms with Gasteiger partial charge in [-0.05, 0) is 70.9 Å². The quantitative estimate of drug-likeness (QED) is 0.900. The van der Waals surface area contributed by atoms with E-state index in [1.165, 1.54) is 30.6 Å². The lowest BCUT2D eigenvalue weighted by Crippen LogP contribution is -2.44. The molecule has 2 heterocycles. The highest BCUT2D eigenvalue weighted by Gasteiger charge is 2.29. The fourth-order valence-electron chi connectivity index (χ4n) is 3.54. The minimum atomic E-state index is 0.0321. The van der Waals surface area contributed by atoms with Crippen LogP contribution in [0.3, 0.4) is 0 Å². The van der Waals surface area contributed by atoms with E-state index < -0.39 is 0 Å². The molecule has 1 saturated heterocycles. The SMILES string of the molecule is CC(NC1CCOC(C)(C)C1)c1cc2c(s1)CCCC2. The Morgan fingerprint density at radius 2 is 2.15 bits per heavy atom. The van der Waals surface area contributed by atoms with E-state index >= 15 is 0 Å². The maximum Gasteiger partial charge on any atom is 0.0641 e. The van der Waals surface area contributed by atoms with Gasteiger partial charge in [0.05, 0.1) is 5.60 Å². The first-order chi connectivity index (χ1) is 9.53. The molecule has 0 bridgehead atoms. The zero-order chi connectivity index (χ0) is 14.2. The Balaban J connectivity index is 1.64. The van der Waals surface area contributed by atoms with Crippen LogP contribution in [0.25, 0.3) is 0 Å². The summed E-state index contributed by atoms with van der Waals surface area (Å²) in [4.78, 5) is 3.17. The third kappa shape index (κ3) is 3.26. The van der Waals surface area contributed by atoms with Crippen LogP contribution in [0, 0.1) is 0 Å². The van der Waals surface area contributed by atoms with E-state index in [1.807, 2.05) is 11.3 Å². The van der Waals surface area contributed by atoms with E-state index in [2.05, 4.69) is 32.2 Å². The highest BCUT2D eigenvalue weighted by Crippen LogP contribution is 2.34. The Labute approximate surface area is 126 Å². The molecule has 1 aromatic heterocycles. The summed E-state index contributed by atoms with van der Waals surface area (Å²) >= 11 is 2.04. The van der Waals surface area contributed by atoms with Gasteiger partial charge in [0.25, 0.3) is 0 Å². The Bertz CT molecular complexity index is 442. The second-order valence-electron chi connectivity index (χ2n) is 6.99. The fourth-order valence-corrected chi connectivity index (χ4v) is 4.81. The molecule has 2 aliphatic rings. The molecule has 3 rings (SSSR count). The number of rotatable bonds is 3. The van der Waals surface area contributed by atoms with Gasteiger partial charge in [0.1, 0.15) is 0 Å². The summed E-state index contributed by atoms with van der Waals surface area (Å²) < 4.78 is 5.81. The maximum atomic E-state index is 5.81. The van der Waals surface area contributed by atoms with Crippen LogP contribution in [0.1, 0.15) is 67.8 Å². The largest absolute Gasteiger partial charge is 0.375 e. The summed E-state index contributed by atoms with van der Waals surface area (Å²) in [6.07, 6.45) is 7.60. The molecule has 1 aromatic rings. The van der Waals surface area contributed by atoms with Crippen LogP contribution < -0.4 is 5.32 Å². The molecule has 112 valence electrons. The minimum Gasteiger partial charge on any atom is -0.375 e. The van der Waals surface area contributed by atoms with Gasteiger partial charge in [0, 0.05) is 28.4 Å². The van der Waals surface area contributed by atoms with E-state index in [0.717, 1.165) is 19.4 Å². The molecular weight excluding hydrogens is 266 g/mol. The zero-order valence-electron chi connectivity index (χ0n) is 13.0. The normalized spacial score (nSPS) is 27.1. The second kappa shape index (κ2) is 5.78. The van der Waals surface area contributed by atoms with Crippen LogP contribution >= 0.6 is 11.3 Å². The molecular formula is C17H27NOS. The molecule has 0 amide bonds. The molecule has 20 heavy (non-hydrogen) atoms. The van der Waals surface area contributed by atoms with Crippen molar-refractivity contribution >= 4 is 11.3 Å². The van der Waals surface area contributed by atoms with E-state index in [0.29, 0.717) is 12.1 Å². The van der Waals surface area contributed by atoms with Gasteiger partial charge in [-0.3, -0.25) is 0 Å². The third-order valence-electron chi connectivity index (χ3n) is 4.63. The van der Waals surface area contributed by atoms with Gasteiger partial charge >= 0.3 is 0 Å². The predicted molar refractivity (Wildman–Crippen MR) is 85.6 cm³/mol. The lowest BCUT2D eigenvalue weighted by Gasteiger charge is -2.37. The minimum absolute atomic E-state index is 0.0321. The van der Waals surface area contributed by atoms with Crippen molar-refractivity contribution < 1.29 is 4.74 Å². The van der Waals surface area contributed by atoms with Crippen LogP contribution in [-0.2, 0) is 17.6 Å². The van der Waals surface area contributed by atoms with Crippen LogP contribution in [-0.4, -0.2) is 18.2 Å². The van der Waals surface area contributed by atoms with Gasteiger partial charge in [-0.1, -0.05) is 0 Å². The zero-order valence-corrected chi connectivity index (χ0v) is 13.8. The molecule has 1 aliphatic carbocycles. The van der Waals surface area contributed by atoms with Crippen LogP contribution in [0.2, 0.25) is 0 Å². The molecule has 3 heteroatoms. The standard InChI is InChI=1S/C17H27NOS/c1-12(18-14-8-9-19-17(2,3)11-14)16-10-13-6-4-5-7-15(13)20-16/h10,12,14,18H,4-9,11H2,1-3H3. The smallest absolute Gasteiger partial charge is 0.0641 e. The van der Waals surface area contributed by atoms with Crippen molar-refractivity contribution in [1.82, 2.24) is 5.32 Å². The summed E-state index contributed by atoms with van der Waals surface area (Å²) in [7, 11) is 0. The van der Waals surface area contributed by atoms with E-state index in [4.69, 9.17) is 4.74 Å². The summed E-state index contributed by atoms with van der Waals surface area (Å²) in [6, 6.07) is 3.53. The molecule has 1 aliphatic heterocycles. The van der Waals surface area contributed by atoms with Crippen molar-refractivity contribution in [2.75, 3.05) is 6.61 Å². The first-order valence-corrected chi connectivity index (χ1v) is 8.87. The molecule has 1 fully saturated rings. The Morgan fingerprint density at radius 3 is 2.90 bits per heavy atom. The highest BCUT2D eigenvalue weighted by molar-refractivity contribution is 7.12. The highest BCUT2D eigenvalue weighted by atomic mass is 32.1. The number of ether oxygens (including phenoxy) is 1.